The van der Waals surface area contributed by atoms with E-state index >= 15 is 0 Å². The molecule has 1 fully saturated rings. The van der Waals surface area contributed by atoms with Crippen molar-refractivity contribution in [2.75, 3.05) is 6.61 Å². The van der Waals surface area contributed by atoms with Crippen LogP contribution in [0.2, 0.25) is 10.0 Å². The maximum absolute atomic E-state index is 11.4. The average molecular weight is 311 g/mol. The highest BCUT2D eigenvalue weighted by Crippen LogP contribution is 2.36. The van der Waals surface area contributed by atoms with Gasteiger partial charge in [0.15, 0.2) is 0 Å². The number of halogens is 2. The van der Waals surface area contributed by atoms with Crippen molar-refractivity contribution in [1.29, 1.82) is 0 Å². The van der Waals surface area contributed by atoms with Crippen LogP contribution in [0.5, 0.6) is 5.75 Å². The van der Waals surface area contributed by atoms with E-state index < -0.39 is 0 Å². The van der Waals surface area contributed by atoms with Crippen LogP contribution in [0.3, 0.4) is 0 Å². The quantitative estimate of drug-likeness (QED) is 0.688. The summed E-state index contributed by atoms with van der Waals surface area (Å²) in [7, 11) is 0. The van der Waals surface area contributed by atoms with Crippen molar-refractivity contribution >= 4 is 41.4 Å². The molecule has 1 aromatic rings. The zero-order valence-electron chi connectivity index (χ0n) is 10.5. The minimum Gasteiger partial charge on any atom is -0.487 e. The fourth-order valence-corrected chi connectivity index (χ4v) is 2.49. The van der Waals surface area contributed by atoms with Crippen LogP contribution < -0.4 is 10.2 Å². The number of nitrogens with one attached hydrogen (secondary N) is 1. The highest BCUT2D eigenvalue weighted by molar-refractivity contribution is 6.36. The van der Waals surface area contributed by atoms with E-state index in [1.165, 1.54) is 0 Å². The minimum atomic E-state index is -0.0231. The largest absolute Gasteiger partial charge is 0.487 e. The second kappa shape index (κ2) is 5.46. The maximum Gasteiger partial charge on any atom is 0.243 e. The summed E-state index contributed by atoms with van der Waals surface area (Å²) in [5, 5.41) is 4.97. The molecule has 0 atom stereocenters. The standard InChI is InChI=1S/C14H12Cl2N2O2/c15-11-4-10-3-8(7-20-13(10)12(16)5-11)6-17-18-14(19)9-1-2-9/h3-6,9H,1-2,7H2,(H,18,19)/b17-6+. The van der Waals surface area contributed by atoms with Crippen LogP contribution in [0.1, 0.15) is 18.4 Å². The van der Waals surface area contributed by atoms with Crippen LogP contribution in [-0.2, 0) is 4.79 Å². The molecule has 3 rings (SSSR count). The number of carbonyl (C=O) groups is 1. The molecule has 6 heteroatoms. The number of carbonyl (C=O) groups excluding carboxylic acids is 1. The van der Waals surface area contributed by atoms with Gasteiger partial charge in [-0.2, -0.15) is 5.10 Å². The SMILES string of the molecule is O=C(N/N=C/C1=Cc2cc(Cl)cc(Cl)c2OC1)C1CC1. The number of hydrogen-bond acceptors (Lipinski definition) is 3. The van der Waals surface area contributed by atoms with Gasteiger partial charge in [-0.05, 0) is 31.1 Å². The molecule has 0 saturated heterocycles. The normalized spacial score (nSPS) is 17.4. The molecule has 104 valence electrons. The molecule has 1 aromatic carbocycles. The molecule has 1 amide bonds. The summed E-state index contributed by atoms with van der Waals surface area (Å²) >= 11 is 12.0. The van der Waals surface area contributed by atoms with E-state index in [9.17, 15) is 4.79 Å². The summed E-state index contributed by atoms with van der Waals surface area (Å²) in [5.41, 5.74) is 4.17. The van der Waals surface area contributed by atoms with E-state index in [1.807, 2.05) is 6.08 Å². The predicted molar refractivity (Wildman–Crippen MR) is 79.3 cm³/mol. The Morgan fingerprint density at radius 3 is 2.95 bits per heavy atom. The maximum atomic E-state index is 11.4. The molecule has 0 unspecified atom stereocenters. The third kappa shape index (κ3) is 2.97. The zero-order valence-corrected chi connectivity index (χ0v) is 12.0. The lowest BCUT2D eigenvalue weighted by molar-refractivity contribution is -0.122. The Bertz CT molecular complexity index is 622. The molecule has 1 saturated carbocycles. The summed E-state index contributed by atoms with van der Waals surface area (Å²) in [6.45, 7) is 0.358. The van der Waals surface area contributed by atoms with E-state index in [1.54, 1.807) is 18.3 Å². The van der Waals surface area contributed by atoms with Gasteiger partial charge in [-0.1, -0.05) is 23.2 Å². The Morgan fingerprint density at radius 2 is 2.20 bits per heavy atom. The molecule has 1 N–H and O–H groups in total. The van der Waals surface area contributed by atoms with Gasteiger partial charge in [0.1, 0.15) is 12.4 Å². The Hall–Kier alpha value is -1.52. The van der Waals surface area contributed by atoms with Gasteiger partial charge in [-0.3, -0.25) is 4.79 Å². The summed E-state index contributed by atoms with van der Waals surface area (Å²) < 4.78 is 5.58. The Labute approximate surface area is 126 Å². The van der Waals surface area contributed by atoms with Gasteiger partial charge in [0, 0.05) is 22.1 Å². The molecular weight excluding hydrogens is 299 g/mol. The van der Waals surface area contributed by atoms with Crippen LogP contribution in [0.25, 0.3) is 6.08 Å². The van der Waals surface area contributed by atoms with E-state index in [-0.39, 0.29) is 11.8 Å². The number of ether oxygens (including phenoxy) is 1. The number of fused-ring (bicyclic) bond motifs is 1. The molecular formula is C14H12Cl2N2O2. The van der Waals surface area contributed by atoms with Crippen LogP contribution in [0.4, 0.5) is 0 Å². The zero-order chi connectivity index (χ0) is 14.1. The van der Waals surface area contributed by atoms with Crippen molar-refractivity contribution in [2.45, 2.75) is 12.8 Å². The lowest BCUT2D eigenvalue weighted by Gasteiger charge is -2.17. The molecule has 4 nitrogen and oxygen atoms in total. The molecule has 1 aliphatic heterocycles. The van der Waals surface area contributed by atoms with E-state index in [4.69, 9.17) is 27.9 Å². The first-order valence-electron chi connectivity index (χ1n) is 6.29. The number of hydrogen-bond donors (Lipinski definition) is 1. The second-order valence-corrected chi connectivity index (χ2v) is 5.67. The highest BCUT2D eigenvalue weighted by atomic mass is 35.5. The highest BCUT2D eigenvalue weighted by Gasteiger charge is 2.29. The van der Waals surface area contributed by atoms with Crippen molar-refractivity contribution in [2.24, 2.45) is 11.0 Å². The van der Waals surface area contributed by atoms with Crippen molar-refractivity contribution in [1.82, 2.24) is 5.43 Å². The summed E-state index contributed by atoms with van der Waals surface area (Å²) in [5.74, 6) is 0.738. The van der Waals surface area contributed by atoms with Gasteiger partial charge in [0.25, 0.3) is 0 Å². The summed E-state index contributed by atoms with van der Waals surface area (Å²) in [6.07, 6.45) is 5.39. The molecule has 0 bridgehead atoms. The van der Waals surface area contributed by atoms with Crippen LogP contribution in [-0.4, -0.2) is 18.7 Å². The van der Waals surface area contributed by atoms with Crippen molar-refractivity contribution in [3.05, 3.63) is 33.3 Å². The van der Waals surface area contributed by atoms with Crippen molar-refractivity contribution in [3.63, 3.8) is 0 Å². The first-order chi connectivity index (χ1) is 9.63. The van der Waals surface area contributed by atoms with E-state index in [2.05, 4.69) is 10.5 Å². The Balaban J connectivity index is 1.73. The van der Waals surface area contributed by atoms with Gasteiger partial charge in [0.05, 0.1) is 11.2 Å². The fraction of sp³-hybridized carbons (Fsp3) is 0.286. The first kappa shape index (κ1) is 13.5. The smallest absolute Gasteiger partial charge is 0.243 e. The lowest BCUT2D eigenvalue weighted by atomic mass is 10.1. The van der Waals surface area contributed by atoms with Crippen LogP contribution in [0.15, 0.2) is 22.8 Å². The van der Waals surface area contributed by atoms with Gasteiger partial charge in [0.2, 0.25) is 5.91 Å². The molecule has 0 aromatic heterocycles. The van der Waals surface area contributed by atoms with Gasteiger partial charge in [-0.15, -0.1) is 0 Å². The lowest BCUT2D eigenvalue weighted by Crippen LogP contribution is -2.19. The second-order valence-electron chi connectivity index (χ2n) is 4.82. The average Bonchev–Trinajstić information content (AvgIpc) is 3.22. The summed E-state index contributed by atoms with van der Waals surface area (Å²) in [4.78, 5) is 11.4. The Kier molecular flexibility index (Phi) is 3.68. The molecule has 1 aliphatic carbocycles. The number of rotatable bonds is 3. The van der Waals surface area contributed by atoms with Crippen LogP contribution >= 0.6 is 23.2 Å². The van der Waals surface area contributed by atoms with Crippen LogP contribution in [0, 0.1) is 5.92 Å². The first-order valence-corrected chi connectivity index (χ1v) is 7.04. The minimum absolute atomic E-state index is 0.0231. The monoisotopic (exact) mass is 310 g/mol. The summed E-state index contributed by atoms with van der Waals surface area (Å²) in [6, 6.07) is 3.42. The molecule has 0 radical (unpaired) electrons. The van der Waals surface area contributed by atoms with E-state index in [0.29, 0.717) is 22.4 Å². The third-order valence-corrected chi connectivity index (χ3v) is 3.61. The molecule has 1 heterocycles. The molecule has 2 aliphatic rings. The topological polar surface area (TPSA) is 50.7 Å². The predicted octanol–water partition coefficient (Wildman–Crippen LogP) is 3.28. The van der Waals surface area contributed by atoms with Gasteiger partial charge < -0.3 is 4.74 Å². The van der Waals surface area contributed by atoms with Gasteiger partial charge in [-0.25, -0.2) is 5.43 Å². The number of nitrogens with zero attached hydrogens (tertiary/aromatic N) is 1. The fourth-order valence-electron chi connectivity index (χ4n) is 1.93. The number of hydrazone groups is 1. The molecule has 0 spiro atoms. The van der Waals surface area contributed by atoms with Gasteiger partial charge >= 0.3 is 0 Å². The molecule has 20 heavy (non-hydrogen) atoms. The number of benzene rings is 1. The Morgan fingerprint density at radius 1 is 1.40 bits per heavy atom. The number of amides is 1. The van der Waals surface area contributed by atoms with Crippen molar-refractivity contribution < 1.29 is 9.53 Å². The third-order valence-electron chi connectivity index (χ3n) is 3.11. The van der Waals surface area contributed by atoms with Crippen molar-refractivity contribution in [3.8, 4) is 5.75 Å². The van der Waals surface area contributed by atoms with E-state index in [0.717, 1.165) is 24.0 Å².